The summed E-state index contributed by atoms with van der Waals surface area (Å²) in [6.07, 6.45) is 0. The standard InChI is InChI=1S/C27H24ClN3O4/c28-22-9-5-4-6-18(22)15-30-26(32)17-31-23-14-25-24(34-10-11-35-25)13-19(23)12-20(27(31)33)16-29-21-7-2-1-3-8-21/h1-9,12-14,29H,10-11,15-17H2,(H,30,32). The first-order valence-corrected chi connectivity index (χ1v) is 11.7. The van der Waals surface area contributed by atoms with Crippen molar-refractivity contribution in [3.8, 4) is 11.5 Å². The number of anilines is 1. The van der Waals surface area contributed by atoms with Crippen LogP contribution in [0.25, 0.3) is 10.9 Å². The molecule has 1 aliphatic rings. The zero-order chi connectivity index (χ0) is 24.2. The predicted molar refractivity (Wildman–Crippen MR) is 136 cm³/mol. The number of aromatic nitrogens is 1. The van der Waals surface area contributed by atoms with Crippen LogP contribution >= 0.6 is 11.6 Å². The summed E-state index contributed by atoms with van der Waals surface area (Å²) < 4.78 is 12.9. The third-order valence-electron chi connectivity index (χ3n) is 5.82. The monoisotopic (exact) mass is 489 g/mol. The van der Waals surface area contributed by atoms with Crippen molar-refractivity contribution in [1.29, 1.82) is 0 Å². The Hall–Kier alpha value is -3.97. The number of benzene rings is 3. The molecule has 0 radical (unpaired) electrons. The number of fused-ring (bicyclic) bond motifs is 2. The first-order valence-electron chi connectivity index (χ1n) is 11.3. The van der Waals surface area contributed by atoms with Gasteiger partial charge < -0.3 is 20.1 Å². The largest absolute Gasteiger partial charge is 0.486 e. The van der Waals surface area contributed by atoms with Crippen molar-refractivity contribution < 1.29 is 14.3 Å². The number of hydrogen-bond donors (Lipinski definition) is 2. The Balaban J connectivity index is 1.47. The number of carbonyl (C=O) groups excluding carboxylic acids is 1. The zero-order valence-electron chi connectivity index (χ0n) is 18.9. The molecule has 0 saturated carbocycles. The number of nitrogens with zero attached hydrogens (tertiary/aromatic N) is 1. The summed E-state index contributed by atoms with van der Waals surface area (Å²) in [5.74, 6) is 0.888. The van der Waals surface area contributed by atoms with Gasteiger partial charge in [-0.25, -0.2) is 0 Å². The van der Waals surface area contributed by atoms with E-state index in [0.29, 0.717) is 47.4 Å². The molecule has 0 atom stereocenters. The van der Waals surface area contributed by atoms with E-state index in [0.717, 1.165) is 16.6 Å². The van der Waals surface area contributed by atoms with Crippen LogP contribution < -0.4 is 25.7 Å². The summed E-state index contributed by atoms with van der Waals surface area (Å²) >= 11 is 6.21. The van der Waals surface area contributed by atoms with Crippen molar-refractivity contribution in [2.24, 2.45) is 0 Å². The van der Waals surface area contributed by atoms with Crippen LogP contribution in [0.4, 0.5) is 5.69 Å². The lowest BCUT2D eigenvalue weighted by Gasteiger charge is -2.21. The van der Waals surface area contributed by atoms with Crippen LogP contribution in [0.5, 0.6) is 11.5 Å². The van der Waals surface area contributed by atoms with Crippen LogP contribution in [0.2, 0.25) is 5.02 Å². The van der Waals surface area contributed by atoms with Gasteiger partial charge in [0.25, 0.3) is 5.56 Å². The molecule has 5 rings (SSSR count). The van der Waals surface area contributed by atoms with Gasteiger partial charge in [-0.2, -0.15) is 0 Å². The Morgan fingerprint density at radius 2 is 1.60 bits per heavy atom. The van der Waals surface area contributed by atoms with Crippen LogP contribution in [0.1, 0.15) is 11.1 Å². The molecule has 1 amide bonds. The summed E-state index contributed by atoms with van der Waals surface area (Å²) in [7, 11) is 0. The van der Waals surface area contributed by atoms with Gasteiger partial charge in [-0.15, -0.1) is 0 Å². The van der Waals surface area contributed by atoms with E-state index in [9.17, 15) is 9.59 Å². The highest BCUT2D eigenvalue weighted by Gasteiger charge is 2.18. The minimum atomic E-state index is -0.295. The van der Waals surface area contributed by atoms with Crippen LogP contribution in [0.15, 0.2) is 77.6 Å². The maximum atomic E-state index is 13.5. The molecule has 7 nitrogen and oxygen atoms in total. The quantitative estimate of drug-likeness (QED) is 0.403. The van der Waals surface area contributed by atoms with E-state index >= 15 is 0 Å². The normalized spacial score (nSPS) is 12.4. The minimum Gasteiger partial charge on any atom is -0.486 e. The number of halogens is 1. The molecule has 0 spiro atoms. The molecule has 0 saturated heterocycles. The van der Waals surface area contributed by atoms with E-state index < -0.39 is 0 Å². The second-order valence-corrected chi connectivity index (χ2v) is 8.61. The number of nitrogens with one attached hydrogen (secondary N) is 2. The maximum Gasteiger partial charge on any atom is 0.256 e. The number of hydrogen-bond acceptors (Lipinski definition) is 5. The molecule has 2 heterocycles. The lowest BCUT2D eigenvalue weighted by molar-refractivity contribution is -0.121. The topological polar surface area (TPSA) is 81.6 Å². The molecule has 0 aliphatic carbocycles. The second kappa shape index (κ2) is 10.1. The molecular weight excluding hydrogens is 466 g/mol. The predicted octanol–water partition coefficient (Wildman–Crippen LogP) is 4.35. The Morgan fingerprint density at radius 1 is 0.886 bits per heavy atom. The second-order valence-electron chi connectivity index (χ2n) is 8.20. The molecule has 178 valence electrons. The van der Waals surface area contributed by atoms with Crippen LogP contribution in [-0.2, 0) is 24.4 Å². The Bertz CT molecular complexity index is 1440. The highest BCUT2D eigenvalue weighted by atomic mass is 35.5. The number of rotatable bonds is 7. The summed E-state index contributed by atoms with van der Waals surface area (Å²) in [5, 5.41) is 7.51. The maximum absolute atomic E-state index is 13.5. The van der Waals surface area contributed by atoms with Gasteiger partial charge >= 0.3 is 0 Å². The number of para-hydroxylation sites is 1. The van der Waals surface area contributed by atoms with Gasteiger partial charge in [-0.1, -0.05) is 48.0 Å². The number of amides is 1. The number of pyridine rings is 1. The molecule has 0 bridgehead atoms. The number of ether oxygens (including phenoxy) is 2. The zero-order valence-corrected chi connectivity index (χ0v) is 19.7. The van der Waals surface area contributed by atoms with Crippen molar-refractivity contribution in [3.05, 3.63) is 99.3 Å². The van der Waals surface area contributed by atoms with E-state index in [2.05, 4.69) is 10.6 Å². The minimum absolute atomic E-state index is 0.140. The summed E-state index contributed by atoms with van der Waals surface area (Å²) in [6, 6.07) is 22.4. The first-order chi connectivity index (χ1) is 17.1. The van der Waals surface area contributed by atoms with Gasteiger partial charge in [0.05, 0.1) is 5.52 Å². The molecule has 4 aromatic rings. The average Bonchev–Trinajstić information content (AvgIpc) is 2.88. The summed E-state index contributed by atoms with van der Waals surface area (Å²) in [5.41, 5.74) is 2.61. The van der Waals surface area contributed by atoms with Gasteiger partial charge in [0.2, 0.25) is 5.91 Å². The lowest BCUT2D eigenvalue weighted by atomic mass is 10.1. The van der Waals surface area contributed by atoms with Gasteiger partial charge in [-0.3, -0.25) is 14.2 Å². The molecular formula is C27H24ClN3O4. The van der Waals surface area contributed by atoms with Crippen molar-refractivity contribution >= 4 is 34.1 Å². The molecule has 0 fully saturated rings. The lowest BCUT2D eigenvalue weighted by Crippen LogP contribution is -2.34. The van der Waals surface area contributed by atoms with E-state index in [4.69, 9.17) is 21.1 Å². The van der Waals surface area contributed by atoms with Crippen LogP contribution in [0.3, 0.4) is 0 Å². The van der Waals surface area contributed by atoms with Crippen LogP contribution in [-0.4, -0.2) is 23.7 Å². The molecule has 8 heteroatoms. The number of carbonyl (C=O) groups is 1. The fourth-order valence-corrected chi connectivity index (χ4v) is 4.25. The summed E-state index contributed by atoms with van der Waals surface area (Å²) in [4.78, 5) is 26.4. The van der Waals surface area contributed by atoms with Crippen molar-refractivity contribution in [2.45, 2.75) is 19.6 Å². The van der Waals surface area contributed by atoms with Crippen LogP contribution in [0, 0.1) is 0 Å². The van der Waals surface area contributed by atoms with Crippen molar-refractivity contribution in [2.75, 3.05) is 18.5 Å². The van der Waals surface area contributed by atoms with E-state index in [1.807, 2.05) is 60.7 Å². The van der Waals surface area contributed by atoms with E-state index in [-0.39, 0.29) is 24.6 Å². The smallest absolute Gasteiger partial charge is 0.256 e. The molecule has 35 heavy (non-hydrogen) atoms. The molecule has 3 aromatic carbocycles. The molecule has 1 aliphatic heterocycles. The average molecular weight is 490 g/mol. The highest BCUT2D eigenvalue weighted by Crippen LogP contribution is 2.34. The Kier molecular flexibility index (Phi) is 6.59. The third-order valence-corrected chi connectivity index (χ3v) is 6.19. The molecule has 1 aromatic heterocycles. The highest BCUT2D eigenvalue weighted by molar-refractivity contribution is 6.31. The van der Waals surface area contributed by atoms with Crippen molar-refractivity contribution in [1.82, 2.24) is 9.88 Å². The van der Waals surface area contributed by atoms with Crippen molar-refractivity contribution in [3.63, 3.8) is 0 Å². The fourth-order valence-electron chi connectivity index (χ4n) is 4.05. The van der Waals surface area contributed by atoms with E-state index in [1.54, 1.807) is 12.1 Å². The van der Waals surface area contributed by atoms with Gasteiger partial charge in [0.1, 0.15) is 19.8 Å². The first kappa shape index (κ1) is 22.8. The van der Waals surface area contributed by atoms with Gasteiger partial charge in [0.15, 0.2) is 11.5 Å². The summed E-state index contributed by atoms with van der Waals surface area (Å²) in [6.45, 7) is 1.34. The fraction of sp³-hybridized carbons (Fsp3) is 0.185. The third kappa shape index (κ3) is 5.10. The molecule has 0 unspecified atom stereocenters. The molecule has 2 N–H and O–H groups in total. The van der Waals surface area contributed by atoms with E-state index in [1.165, 1.54) is 4.57 Å². The SMILES string of the molecule is O=C(Cn1c(=O)c(CNc2ccccc2)cc2cc3c(cc21)OCCO3)NCc1ccccc1Cl. The Labute approximate surface area is 207 Å². The Morgan fingerprint density at radius 3 is 2.37 bits per heavy atom. The van der Waals surface area contributed by atoms with Gasteiger partial charge in [-0.05, 0) is 35.9 Å². The van der Waals surface area contributed by atoms with Gasteiger partial charge in [0, 0.05) is 40.8 Å².